The number of hydrogen-bond donors (Lipinski definition) is 2. The Balaban J connectivity index is 2.13. The van der Waals surface area contributed by atoms with Crippen LogP contribution in [0, 0.1) is 11.6 Å². The van der Waals surface area contributed by atoms with Crippen molar-refractivity contribution in [3.8, 4) is 22.4 Å². The van der Waals surface area contributed by atoms with Gasteiger partial charge in [0.1, 0.15) is 11.5 Å². The number of hydrogen-bond acceptors (Lipinski definition) is 4. The summed E-state index contributed by atoms with van der Waals surface area (Å²) in [6, 6.07) is 5.40. The van der Waals surface area contributed by atoms with Crippen molar-refractivity contribution in [2.24, 2.45) is 0 Å². The van der Waals surface area contributed by atoms with E-state index >= 15 is 0 Å². The highest BCUT2D eigenvalue weighted by atomic mass is 32.2. The van der Waals surface area contributed by atoms with Crippen LogP contribution in [-0.2, 0) is 10.0 Å². The number of sulfonamides is 1. The second-order valence-corrected chi connectivity index (χ2v) is 8.10. The number of nitrogens with zero attached hydrogens (tertiary/aromatic N) is 2. The Morgan fingerprint density at radius 3 is 2.46 bits per heavy atom. The smallest absolute Gasteiger partial charge is 0.235 e. The Morgan fingerprint density at radius 1 is 1.12 bits per heavy atom. The van der Waals surface area contributed by atoms with Gasteiger partial charge in [0.15, 0.2) is 5.82 Å². The molecule has 0 spiro atoms. The molecule has 0 aliphatic rings. The Morgan fingerprint density at radius 2 is 1.81 bits per heavy atom. The van der Waals surface area contributed by atoms with E-state index in [9.17, 15) is 17.2 Å². The molecule has 0 fully saturated rings. The van der Waals surface area contributed by atoms with Gasteiger partial charge in [0.05, 0.1) is 16.5 Å². The van der Waals surface area contributed by atoms with Crippen LogP contribution in [-0.4, -0.2) is 28.8 Å². The summed E-state index contributed by atoms with van der Waals surface area (Å²) >= 11 is 0. The topological polar surface area (TPSA) is 87.7 Å². The summed E-state index contributed by atoms with van der Waals surface area (Å²) in [6.45, 7) is 2.92. The van der Waals surface area contributed by atoms with Crippen LogP contribution in [0.2, 0.25) is 0 Å². The molecule has 3 aromatic rings. The molecule has 0 saturated heterocycles. The number of benzene rings is 1. The lowest BCUT2D eigenvalue weighted by Crippen LogP contribution is -2.23. The van der Waals surface area contributed by atoms with Crippen molar-refractivity contribution in [2.75, 3.05) is 4.72 Å². The fraction of sp³-hybridized carbons (Fsp3) is 0.176. The van der Waals surface area contributed by atoms with Crippen LogP contribution in [0.3, 0.4) is 0 Å². The number of pyridine rings is 1. The largest absolute Gasteiger partial charge is 0.284 e. The second-order valence-electron chi connectivity index (χ2n) is 5.86. The van der Waals surface area contributed by atoms with Crippen LogP contribution in [0.1, 0.15) is 13.8 Å². The first-order valence-corrected chi connectivity index (χ1v) is 9.30. The van der Waals surface area contributed by atoms with Crippen molar-refractivity contribution < 1.29 is 17.2 Å². The Kier molecular flexibility index (Phi) is 4.73. The molecule has 0 aliphatic carbocycles. The molecule has 2 N–H and O–H groups in total. The highest BCUT2D eigenvalue weighted by molar-refractivity contribution is 7.93. The average molecular weight is 378 g/mol. The van der Waals surface area contributed by atoms with E-state index in [2.05, 4.69) is 19.9 Å². The van der Waals surface area contributed by atoms with Crippen LogP contribution in [0.4, 0.5) is 14.5 Å². The van der Waals surface area contributed by atoms with Crippen LogP contribution in [0.5, 0.6) is 0 Å². The van der Waals surface area contributed by atoms with Crippen molar-refractivity contribution >= 4 is 15.7 Å². The van der Waals surface area contributed by atoms with Crippen LogP contribution < -0.4 is 4.72 Å². The predicted octanol–water partition coefficient (Wildman–Crippen LogP) is 3.57. The van der Waals surface area contributed by atoms with E-state index < -0.39 is 32.5 Å². The molecule has 0 aliphatic heterocycles. The third-order valence-electron chi connectivity index (χ3n) is 3.83. The number of aromatic nitrogens is 3. The van der Waals surface area contributed by atoms with Gasteiger partial charge in [-0.2, -0.15) is 5.10 Å². The van der Waals surface area contributed by atoms with Crippen molar-refractivity contribution in [3.05, 3.63) is 54.5 Å². The van der Waals surface area contributed by atoms with Gasteiger partial charge in [0.2, 0.25) is 10.0 Å². The highest BCUT2D eigenvalue weighted by Crippen LogP contribution is 2.36. The predicted molar refractivity (Wildman–Crippen MR) is 94.8 cm³/mol. The zero-order valence-corrected chi connectivity index (χ0v) is 14.8. The maximum Gasteiger partial charge on any atom is 0.235 e. The van der Waals surface area contributed by atoms with Crippen molar-refractivity contribution in [1.82, 2.24) is 15.2 Å². The molecule has 2 heterocycles. The maximum absolute atomic E-state index is 15.0. The first-order chi connectivity index (χ1) is 12.3. The first-order valence-electron chi connectivity index (χ1n) is 7.75. The van der Waals surface area contributed by atoms with E-state index in [1.165, 1.54) is 20.0 Å². The summed E-state index contributed by atoms with van der Waals surface area (Å²) in [5.41, 5.74) is 0.419. The van der Waals surface area contributed by atoms with Gasteiger partial charge in [-0.05, 0) is 43.7 Å². The summed E-state index contributed by atoms with van der Waals surface area (Å²) in [5.74, 6) is -1.88. The molecule has 136 valence electrons. The van der Waals surface area contributed by atoms with Gasteiger partial charge in [-0.25, -0.2) is 17.2 Å². The van der Waals surface area contributed by atoms with Gasteiger partial charge in [0.25, 0.3) is 0 Å². The third kappa shape index (κ3) is 3.30. The average Bonchev–Trinajstić information content (AvgIpc) is 3.07. The molecule has 0 saturated carbocycles. The van der Waals surface area contributed by atoms with Crippen LogP contribution in [0.15, 0.2) is 42.9 Å². The molecule has 0 amide bonds. The number of H-pyrrole nitrogens is 1. The monoisotopic (exact) mass is 378 g/mol. The fourth-order valence-corrected chi connectivity index (χ4v) is 3.05. The van der Waals surface area contributed by atoms with Crippen LogP contribution in [0.25, 0.3) is 22.4 Å². The molecular formula is C17H16F2N4O2S. The van der Waals surface area contributed by atoms with Crippen molar-refractivity contribution in [1.29, 1.82) is 0 Å². The highest BCUT2D eigenvalue weighted by Gasteiger charge is 2.24. The van der Waals surface area contributed by atoms with Crippen LogP contribution >= 0.6 is 0 Å². The summed E-state index contributed by atoms with van der Waals surface area (Å²) in [6.07, 6.45) is 4.60. The van der Waals surface area contributed by atoms with E-state index in [-0.39, 0.29) is 11.4 Å². The van der Waals surface area contributed by atoms with Gasteiger partial charge in [-0.3, -0.25) is 14.8 Å². The molecule has 0 bridgehead atoms. The molecule has 2 aromatic heterocycles. The lowest BCUT2D eigenvalue weighted by atomic mass is 10.0. The Labute approximate surface area is 149 Å². The van der Waals surface area contributed by atoms with E-state index in [0.29, 0.717) is 11.1 Å². The van der Waals surface area contributed by atoms with Gasteiger partial charge in [-0.1, -0.05) is 0 Å². The van der Waals surface area contributed by atoms with Gasteiger partial charge < -0.3 is 0 Å². The normalized spacial score (nSPS) is 11.7. The molecule has 3 rings (SSSR count). The number of anilines is 1. The number of rotatable bonds is 5. The molecule has 6 nitrogen and oxygen atoms in total. The maximum atomic E-state index is 15.0. The standard InChI is InChI=1S/C17H16F2N4O2S/c1-10(2)26(24,25)23-14-4-3-13(18)15(16(14)19)17-12(9-21-22-17)11-5-7-20-8-6-11/h3-10,23H,1-2H3,(H,21,22). The molecule has 26 heavy (non-hydrogen) atoms. The summed E-state index contributed by atoms with van der Waals surface area (Å²) in [7, 11) is -3.78. The van der Waals surface area contributed by atoms with Gasteiger partial charge >= 0.3 is 0 Å². The lowest BCUT2D eigenvalue weighted by Gasteiger charge is -2.14. The van der Waals surface area contributed by atoms with E-state index in [1.807, 2.05) is 0 Å². The van der Waals surface area contributed by atoms with E-state index in [1.54, 1.807) is 24.5 Å². The molecule has 0 unspecified atom stereocenters. The quantitative estimate of drug-likeness (QED) is 0.710. The molecule has 0 atom stereocenters. The molecular weight excluding hydrogens is 362 g/mol. The summed E-state index contributed by atoms with van der Waals surface area (Å²) < 4.78 is 55.6. The third-order valence-corrected chi connectivity index (χ3v) is 5.58. The zero-order valence-electron chi connectivity index (χ0n) is 14.0. The number of halogens is 2. The minimum atomic E-state index is -3.78. The molecule has 0 radical (unpaired) electrons. The minimum Gasteiger partial charge on any atom is -0.284 e. The first kappa shape index (κ1) is 18.0. The van der Waals surface area contributed by atoms with Gasteiger partial charge in [0, 0.05) is 24.2 Å². The van der Waals surface area contributed by atoms with E-state index in [4.69, 9.17) is 0 Å². The van der Waals surface area contributed by atoms with Crippen molar-refractivity contribution in [3.63, 3.8) is 0 Å². The fourth-order valence-electron chi connectivity index (χ4n) is 2.35. The SMILES string of the molecule is CC(C)S(=O)(=O)Nc1ccc(F)c(-c2n[nH]cc2-c2ccncc2)c1F. The Hall–Kier alpha value is -2.81. The lowest BCUT2D eigenvalue weighted by molar-refractivity contribution is 0.584. The molecule has 1 aromatic carbocycles. The minimum absolute atomic E-state index is 0.0387. The number of aromatic amines is 1. The Bertz CT molecular complexity index is 1030. The molecule has 9 heteroatoms. The number of nitrogens with one attached hydrogen (secondary N) is 2. The summed E-state index contributed by atoms with van der Waals surface area (Å²) in [4.78, 5) is 3.91. The second kappa shape index (κ2) is 6.83. The van der Waals surface area contributed by atoms with Crippen molar-refractivity contribution in [2.45, 2.75) is 19.1 Å². The zero-order chi connectivity index (χ0) is 18.9. The summed E-state index contributed by atoms with van der Waals surface area (Å²) in [5, 5.41) is 5.78. The van der Waals surface area contributed by atoms with E-state index in [0.717, 1.165) is 12.1 Å². The van der Waals surface area contributed by atoms with Gasteiger partial charge in [-0.15, -0.1) is 0 Å².